The van der Waals surface area contributed by atoms with Gasteiger partial charge in [0.25, 0.3) is 5.91 Å². The first-order valence-electron chi connectivity index (χ1n) is 9.63. The summed E-state index contributed by atoms with van der Waals surface area (Å²) in [5.41, 5.74) is 1.59. The number of hydroxylamine groups is 1. The van der Waals surface area contributed by atoms with Crippen molar-refractivity contribution in [2.75, 3.05) is 25.5 Å². The van der Waals surface area contributed by atoms with Crippen molar-refractivity contribution in [1.82, 2.24) is 9.79 Å². The second-order valence-corrected chi connectivity index (χ2v) is 10.9. The quantitative estimate of drug-likeness (QED) is 0.236. The van der Waals surface area contributed by atoms with Crippen molar-refractivity contribution in [2.24, 2.45) is 0 Å². The first-order valence-corrected chi connectivity index (χ1v) is 12.1. The molecule has 0 aromatic heterocycles. The van der Waals surface area contributed by atoms with E-state index in [4.69, 9.17) is 15.1 Å². The molecule has 0 bridgehead atoms. The van der Waals surface area contributed by atoms with E-state index in [0.29, 0.717) is 17.9 Å². The Balaban J connectivity index is 2.09. The van der Waals surface area contributed by atoms with Crippen LogP contribution < -0.4 is 10.2 Å². The highest BCUT2D eigenvalue weighted by Crippen LogP contribution is 2.38. The molecule has 8 nitrogen and oxygen atoms in total. The molecule has 1 unspecified atom stereocenters. The number of nitrogens with zero attached hydrogens (tertiary/aromatic N) is 1. The number of unbranched alkanes of at least 4 members (excludes halogenated alkanes) is 2. The Labute approximate surface area is 182 Å². The molecule has 10 heteroatoms. The molecule has 1 fully saturated rings. The van der Waals surface area contributed by atoms with Crippen LogP contribution in [0.25, 0.3) is 0 Å². The highest BCUT2D eigenvalue weighted by Gasteiger charge is 2.48. The van der Waals surface area contributed by atoms with Crippen molar-refractivity contribution in [1.29, 1.82) is 0 Å². The van der Waals surface area contributed by atoms with E-state index < -0.39 is 26.7 Å². The fourth-order valence-electron chi connectivity index (χ4n) is 3.15. The van der Waals surface area contributed by atoms with Crippen molar-refractivity contribution >= 4 is 27.7 Å². The molecule has 30 heavy (non-hydrogen) atoms. The van der Waals surface area contributed by atoms with Crippen LogP contribution in [0.5, 0.6) is 5.75 Å². The predicted molar refractivity (Wildman–Crippen MR) is 115 cm³/mol. The monoisotopic (exact) mass is 456 g/mol. The predicted octanol–water partition coefficient (Wildman–Crippen LogP) is 1.62. The van der Waals surface area contributed by atoms with Gasteiger partial charge >= 0.3 is 0 Å². The number of benzene rings is 1. The number of rotatable bonds is 8. The van der Waals surface area contributed by atoms with Gasteiger partial charge in [0.05, 0.1) is 4.90 Å². The molecule has 2 rings (SSSR count). The van der Waals surface area contributed by atoms with Crippen LogP contribution in [0.4, 0.5) is 0 Å². The molecule has 0 spiro atoms. The van der Waals surface area contributed by atoms with Gasteiger partial charge in [-0.2, -0.15) is 16.1 Å². The molecule has 0 aliphatic carbocycles. The molecule has 1 aromatic rings. The highest BCUT2D eigenvalue weighted by atomic mass is 32.2. The Morgan fingerprint density at radius 1 is 1.30 bits per heavy atom. The van der Waals surface area contributed by atoms with Gasteiger partial charge in [0.1, 0.15) is 18.4 Å². The molecule has 0 radical (unpaired) electrons. The molecule has 1 amide bonds. The van der Waals surface area contributed by atoms with Crippen LogP contribution in [0.1, 0.15) is 33.1 Å². The van der Waals surface area contributed by atoms with Crippen molar-refractivity contribution in [3.63, 3.8) is 0 Å². The van der Waals surface area contributed by atoms with E-state index in [9.17, 15) is 13.2 Å². The van der Waals surface area contributed by atoms with E-state index in [-0.39, 0.29) is 24.7 Å². The van der Waals surface area contributed by atoms with Crippen molar-refractivity contribution in [3.05, 3.63) is 24.3 Å². The summed E-state index contributed by atoms with van der Waals surface area (Å²) in [6, 6.07) is 4.92. The van der Waals surface area contributed by atoms with Gasteiger partial charge in [0.15, 0.2) is 0 Å². The molecule has 1 aliphatic rings. The van der Waals surface area contributed by atoms with Crippen LogP contribution in [0.3, 0.4) is 0 Å². The molecule has 1 atom stereocenters. The summed E-state index contributed by atoms with van der Waals surface area (Å²) in [5, 5.41) is 17.8. The third-order valence-corrected chi connectivity index (χ3v) is 7.90. The largest absolute Gasteiger partial charge is 0.481 e. The first-order chi connectivity index (χ1) is 14.2. The van der Waals surface area contributed by atoms with Gasteiger partial charge in [-0.25, -0.2) is 13.9 Å². The average Bonchev–Trinajstić information content (AvgIpc) is 2.72. The smallest absolute Gasteiger partial charge is 0.263 e. The van der Waals surface area contributed by atoms with Crippen molar-refractivity contribution in [2.45, 2.75) is 48.8 Å². The van der Waals surface area contributed by atoms with Crippen LogP contribution in [-0.4, -0.2) is 65.2 Å². The zero-order valence-electron chi connectivity index (χ0n) is 17.1. The molecule has 0 saturated carbocycles. The van der Waals surface area contributed by atoms with Crippen LogP contribution in [0.2, 0.25) is 0 Å². The maximum atomic E-state index is 13.2. The van der Waals surface area contributed by atoms with Gasteiger partial charge in [-0.3, -0.25) is 10.0 Å². The van der Waals surface area contributed by atoms with Crippen LogP contribution >= 0.6 is 11.8 Å². The number of sulfonamides is 1. The summed E-state index contributed by atoms with van der Waals surface area (Å²) in [6.07, 6.45) is 2.24. The van der Waals surface area contributed by atoms with E-state index in [1.807, 2.05) is 0 Å². The standard InChI is InChI=1S/C20H28N2O6S2/c1-20(2)18(19(24)21-25)22(12-15-29-20)30(26,27)17-10-8-16(9-11-17)28-14-7-5-3-4-6-13-23/h8-11,18,23,25H,3-4,6,12-15H2,1-2H3,(H,21,24). The van der Waals surface area contributed by atoms with Gasteiger partial charge in [0.2, 0.25) is 10.0 Å². The van der Waals surface area contributed by atoms with Gasteiger partial charge < -0.3 is 9.84 Å². The highest BCUT2D eigenvalue weighted by molar-refractivity contribution is 8.00. The first kappa shape index (κ1) is 24.5. The molecular formula is C20H28N2O6S2. The summed E-state index contributed by atoms with van der Waals surface area (Å²) >= 11 is 1.48. The number of carbonyl (C=O) groups excluding carboxylic acids is 1. The SMILES string of the molecule is CC1(C)SCCN(S(=O)(=O)c2ccc(OCC#CCCCCO)cc2)C1C(=O)NO. The van der Waals surface area contributed by atoms with E-state index in [1.54, 1.807) is 31.5 Å². The summed E-state index contributed by atoms with van der Waals surface area (Å²) in [7, 11) is -3.95. The maximum Gasteiger partial charge on any atom is 0.263 e. The molecule has 1 heterocycles. The molecule has 166 valence electrons. The summed E-state index contributed by atoms with van der Waals surface area (Å²) in [6.45, 7) is 4.06. The third kappa shape index (κ3) is 6.12. The van der Waals surface area contributed by atoms with E-state index >= 15 is 0 Å². The fourth-order valence-corrected chi connectivity index (χ4v) is 6.26. The Hall–Kier alpha value is -1.77. The molecule has 3 N–H and O–H groups in total. The lowest BCUT2D eigenvalue weighted by Gasteiger charge is -2.43. The maximum absolute atomic E-state index is 13.2. The van der Waals surface area contributed by atoms with E-state index in [2.05, 4.69) is 11.8 Å². The Morgan fingerprint density at radius 3 is 2.63 bits per heavy atom. The third-order valence-electron chi connectivity index (χ3n) is 4.67. The minimum atomic E-state index is -3.95. The van der Waals surface area contributed by atoms with E-state index in [1.165, 1.54) is 23.9 Å². The summed E-state index contributed by atoms with van der Waals surface area (Å²) < 4.78 is 32.3. The van der Waals surface area contributed by atoms with Crippen molar-refractivity contribution < 1.29 is 28.3 Å². The second-order valence-electron chi connectivity index (χ2n) is 7.24. The van der Waals surface area contributed by atoms with Gasteiger partial charge in [0, 0.05) is 30.1 Å². The number of hydrogen-bond donors (Lipinski definition) is 3. The summed E-state index contributed by atoms with van der Waals surface area (Å²) in [5.74, 6) is 6.09. The van der Waals surface area contributed by atoms with Crippen LogP contribution in [-0.2, 0) is 14.8 Å². The van der Waals surface area contributed by atoms with E-state index in [0.717, 1.165) is 17.1 Å². The van der Waals surface area contributed by atoms with Gasteiger partial charge in [-0.1, -0.05) is 11.8 Å². The number of aliphatic hydroxyl groups is 1. The average molecular weight is 457 g/mol. The number of thioether (sulfide) groups is 1. The van der Waals surface area contributed by atoms with Crippen molar-refractivity contribution in [3.8, 4) is 17.6 Å². The lowest BCUT2D eigenvalue weighted by atomic mass is 10.0. The second kappa shape index (κ2) is 11.0. The number of ether oxygens (including phenoxy) is 1. The fraction of sp³-hybridized carbons (Fsp3) is 0.550. The number of hydrogen-bond acceptors (Lipinski definition) is 7. The number of carbonyl (C=O) groups is 1. The lowest BCUT2D eigenvalue weighted by molar-refractivity contribution is -0.134. The Kier molecular flexibility index (Phi) is 9.00. The molecule has 1 aromatic carbocycles. The minimum absolute atomic E-state index is 0.0448. The number of amides is 1. The number of nitrogens with one attached hydrogen (secondary N) is 1. The zero-order chi connectivity index (χ0) is 22.2. The molecular weight excluding hydrogens is 428 g/mol. The lowest BCUT2D eigenvalue weighted by Crippen LogP contribution is -2.61. The Bertz CT molecular complexity index is 875. The van der Waals surface area contributed by atoms with Gasteiger partial charge in [-0.15, -0.1) is 0 Å². The number of aliphatic hydroxyl groups excluding tert-OH is 1. The van der Waals surface area contributed by atoms with Crippen LogP contribution in [0, 0.1) is 11.8 Å². The van der Waals surface area contributed by atoms with Gasteiger partial charge in [-0.05, 0) is 51.0 Å². The minimum Gasteiger partial charge on any atom is -0.481 e. The zero-order valence-corrected chi connectivity index (χ0v) is 18.8. The molecule has 1 saturated heterocycles. The normalized spacial score (nSPS) is 18.9. The van der Waals surface area contributed by atoms with Crippen LogP contribution in [0.15, 0.2) is 29.2 Å². The topological polar surface area (TPSA) is 116 Å². The Morgan fingerprint density at radius 2 is 2.00 bits per heavy atom. The summed E-state index contributed by atoms with van der Waals surface area (Å²) in [4.78, 5) is 12.3. The molecule has 1 aliphatic heterocycles.